The molecule has 0 bridgehead atoms. The van der Waals surface area contributed by atoms with Gasteiger partial charge in [0, 0.05) is 31.2 Å². The first-order chi connectivity index (χ1) is 15.6. The van der Waals surface area contributed by atoms with Gasteiger partial charge in [-0.2, -0.15) is 0 Å². The Hall–Kier alpha value is -2.93. The molecule has 1 amide bonds. The van der Waals surface area contributed by atoms with Crippen LogP contribution in [0.2, 0.25) is 0 Å². The van der Waals surface area contributed by atoms with Crippen molar-refractivity contribution in [2.45, 2.75) is 25.4 Å². The van der Waals surface area contributed by atoms with Crippen LogP contribution in [0.5, 0.6) is 23.0 Å². The Morgan fingerprint density at radius 2 is 1.62 bits per heavy atom. The lowest BCUT2D eigenvalue weighted by Gasteiger charge is -2.37. The van der Waals surface area contributed by atoms with E-state index in [-0.39, 0.29) is 5.91 Å². The highest BCUT2D eigenvalue weighted by Gasteiger charge is 2.40. The largest absolute Gasteiger partial charge is 0.497 e. The second-order valence-corrected chi connectivity index (χ2v) is 8.41. The van der Waals surface area contributed by atoms with Crippen LogP contribution >= 0.6 is 0 Å². The standard InChI is InChI=1S/C25H32N2O5/c1-29-20-9-7-18(8-10-20)25(28)27-15-19-6-5-11-26(21(19)16-27)14-17-12-22(30-2)24(32-4)23(13-17)31-3/h7-10,12-13,19,21H,5-6,11,14-16H2,1-4H3/t19-,21+/m1/s1. The van der Waals surface area contributed by atoms with Crippen molar-refractivity contribution in [2.75, 3.05) is 48.1 Å². The second kappa shape index (κ2) is 9.69. The van der Waals surface area contributed by atoms with Crippen LogP contribution in [0.15, 0.2) is 36.4 Å². The van der Waals surface area contributed by atoms with Crippen molar-refractivity contribution in [3.05, 3.63) is 47.5 Å². The van der Waals surface area contributed by atoms with Crippen LogP contribution in [0.4, 0.5) is 0 Å². The summed E-state index contributed by atoms with van der Waals surface area (Å²) in [7, 11) is 6.52. The summed E-state index contributed by atoms with van der Waals surface area (Å²) in [6.07, 6.45) is 2.29. The lowest BCUT2D eigenvalue weighted by atomic mass is 9.91. The molecule has 172 valence electrons. The topological polar surface area (TPSA) is 60.5 Å². The number of hydrogen-bond acceptors (Lipinski definition) is 6. The maximum absolute atomic E-state index is 13.1. The summed E-state index contributed by atoms with van der Waals surface area (Å²) < 4.78 is 21.7. The molecule has 2 heterocycles. The highest BCUT2D eigenvalue weighted by atomic mass is 16.5. The van der Waals surface area contributed by atoms with E-state index in [0.29, 0.717) is 34.8 Å². The molecule has 2 atom stereocenters. The van der Waals surface area contributed by atoms with Crippen LogP contribution in [-0.2, 0) is 6.54 Å². The van der Waals surface area contributed by atoms with Crippen LogP contribution in [0, 0.1) is 5.92 Å². The van der Waals surface area contributed by atoms with Gasteiger partial charge in [-0.05, 0) is 67.3 Å². The van der Waals surface area contributed by atoms with E-state index in [1.807, 2.05) is 41.3 Å². The summed E-state index contributed by atoms with van der Waals surface area (Å²) in [5.74, 6) is 3.28. The molecule has 0 radical (unpaired) electrons. The van der Waals surface area contributed by atoms with Crippen molar-refractivity contribution in [2.24, 2.45) is 5.92 Å². The molecule has 2 aromatic carbocycles. The second-order valence-electron chi connectivity index (χ2n) is 8.41. The number of carbonyl (C=O) groups is 1. The Kier molecular flexibility index (Phi) is 6.74. The molecule has 0 unspecified atom stereocenters. The van der Waals surface area contributed by atoms with Gasteiger partial charge in [0.1, 0.15) is 5.75 Å². The molecule has 2 aromatic rings. The number of carbonyl (C=O) groups excluding carboxylic acids is 1. The predicted molar refractivity (Wildman–Crippen MR) is 122 cm³/mol. The van der Waals surface area contributed by atoms with Crippen molar-refractivity contribution in [1.29, 1.82) is 0 Å². The smallest absolute Gasteiger partial charge is 0.253 e. The molecule has 7 heteroatoms. The van der Waals surface area contributed by atoms with Crippen LogP contribution in [-0.4, -0.2) is 69.8 Å². The van der Waals surface area contributed by atoms with Gasteiger partial charge in [0.15, 0.2) is 11.5 Å². The van der Waals surface area contributed by atoms with E-state index in [1.165, 1.54) is 0 Å². The summed E-state index contributed by atoms with van der Waals surface area (Å²) in [6.45, 7) is 3.35. The third kappa shape index (κ3) is 4.35. The van der Waals surface area contributed by atoms with Gasteiger partial charge in [-0.15, -0.1) is 0 Å². The van der Waals surface area contributed by atoms with Crippen molar-refractivity contribution in [3.8, 4) is 23.0 Å². The van der Waals surface area contributed by atoms with Gasteiger partial charge in [0.25, 0.3) is 5.91 Å². The SMILES string of the molecule is COc1ccc(C(=O)N2C[C@H]3CCCN(Cc4cc(OC)c(OC)c(OC)c4)[C@H]3C2)cc1. The molecule has 0 N–H and O–H groups in total. The fraction of sp³-hybridized carbons (Fsp3) is 0.480. The molecule has 2 fully saturated rings. The number of benzene rings is 2. The minimum Gasteiger partial charge on any atom is -0.497 e. The van der Waals surface area contributed by atoms with E-state index in [1.54, 1.807) is 28.4 Å². The minimum absolute atomic E-state index is 0.0924. The van der Waals surface area contributed by atoms with Crippen LogP contribution in [0.3, 0.4) is 0 Å². The van der Waals surface area contributed by atoms with Crippen LogP contribution < -0.4 is 18.9 Å². The number of methoxy groups -OCH3 is 4. The molecule has 2 aliphatic heterocycles. The molecule has 2 saturated heterocycles. The van der Waals surface area contributed by atoms with Gasteiger partial charge >= 0.3 is 0 Å². The van der Waals surface area contributed by atoms with Crippen molar-refractivity contribution in [1.82, 2.24) is 9.80 Å². The first-order valence-electron chi connectivity index (χ1n) is 11.0. The Morgan fingerprint density at radius 3 is 2.22 bits per heavy atom. The van der Waals surface area contributed by atoms with Crippen molar-refractivity contribution < 1.29 is 23.7 Å². The lowest BCUT2D eigenvalue weighted by molar-refractivity contribution is 0.0774. The summed E-state index contributed by atoms with van der Waals surface area (Å²) in [6, 6.07) is 11.7. The molecule has 0 aromatic heterocycles. The Labute approximate surface area is 189 Å². The molecule has 0 spiro atoms. The zero-order valence-corrected chi connectivity index (χ0v) is 19.3. The zero-order chi connectivity index (χ0) is 22.7. The average molecular weight is 441 g/mol. The van der Waals surface area contributed by atoms with E-state index in [2.05, 4.69) is 4.90 Å². The van der Waals surface area contributed by atoms with Crippen LogP contribution in [0.1, 0.15) is 28.8 Å². The molecule has 0 aliphatic carbocycles. The fourth-order valence-corrected chi connectivity index (χ4v) is 5.01. The summed E-state index contributed by atoms with van der Waals surface area (Å²) >= 11 is 0. The number of ether oxygens (including phenoxy) is 4. The van der Waals surface area contributed by atoms with E-state index in [0.717, 1.165) is 50.3 Å². The number of piperidine rings is 1. The molecular weight excluding hydrogens is 408 g/mol. The summed E-state index contributed by atoms with van der Waals surface area (Å²) in [5, 5.41) is 0. The molecule has 7 nitrogen and oxygen atoms in total. The Morgan fingerprint density at radius 1 is 0.938 bits per heavy atom. The third-order valence-electron chi connectivity index (χ3n) is 6.63. The van der Waals surface area contributed by atoms with Gasteiger partial charge in [-0.25, -0.2) is 0 Å². The fourth-order valence-electron chi connectivity index (χ4n) is 5.01. The van der Waals surface area contributed by atoms with E-state index in [4.69, 9.17) is 18.9 Å². The lowest BCUT2D eigenvalue weighted by Crippen LogP contribution is -2.44. The number of likely N-dealkylation sites (tertiary alicyclic amines) is 2. The average Bonchev–Trinajstić information content (AvgIpc) is 3.28. The molecular formula is C25H32N2O5. The normalized spacial score (nSPS) is 20.6. The number of nitrogens with zero attached hydrogens (tertiary/aromatic N) is 2. The Bertz CT molecular complexity index is 921. The first kappa shape index (κ1) is 22.3. The van der Waals surface area contributed by atoms with Crippen molar-refractivity contribution >= 4 is 5.91 Å². The van der Waals surface area contributed by atoms with Crippen molar-refractivity contribution in [3.63, 3.8) is 0 Å². The van der Waals surface area contributed by atoms with Gasteiger partial charge in [0.2, 0.25) is 5.75 Å². The number of rotatable bonds is 7. The number of fused-ring (bicyclic) bond motifs is 1. The monoisotopic (exact) mass is 440 g/mol. The zero-order valence-electron chi connectivity index (χ0n) is 19.3. The van der Waals surface area contributed by atoms with E-state index in [9.17, 15) is 4.79 Å². The summed E-state index contributed by atoms with van der Waals surface area (Å²) in [4.78, 5) is 17.6. The summed E-state index contributed by atoms with van der Waals surface area (Å²) in [5.41, 5.74) is 1.82. The highest BCUT2D eigenvalue weighted by molar-refractivity contribution is 5.94. The number of hydrogen-bond donors (Lipinski definition) is 0. The van der Waals surface area contributed by atoms with Crippen LogP contribution in [0.25, 0.3) is 0 Å². The molecule has 2 aliphatic rings. The number of amides is 1. The van der Waals surface area contributed by atoms with E-state index < -0.39 is 0 Å². The molecule has 4 rings (SSSR count). The quantitative estimate of drug-likeness (QED) is 0.657. The Balaban J connectivity index is 1.49. The molecule has 0 saturated carbocycles. The van der Waals surface area contributed by atoms with E-state index >= 15 is 0 Å². The van der Waals surface area contributed by atoms with Gasteiger partial charge in [-0.3, -0.25) is 9.69 Å². The van der Waals surface area contributed by atoms with Gasteiger partial charge in [0.05, 0.1) is 28.4 Å². The maximum atomic E-state index is 13.1. The predicted octanol–water partition coefficient (Wildman–Crippen LogP) is 3.46. The maximum Gasteiger partial charge on any atom is 0.253 e. The van der Waals surface area contributed by atoms with Gasteiger partial charge in [-0.1, -0.05) is 0 Å². The highest BCUT2D eigenvalue weighted by Crippen LogP contribution is 2.39. The minimum atomic E-state index is 0.0924. The van der Waals surface area contributed by atoms with Gasteiger partial charge < -0.3 is 23.8 Å². The molecule has 32 heavy (non-hydrogen) atoms. The first-order valence-corrected chi connectivity index (χ1v) is 11.0. The third-order valence-corrected chi connectivity index (χ3v) is 6.63.